The molecule has 2 aliphatic rings. The zero-order valence-electron chi connectivity index (χ0n) is 17.9. The maximum atomic E-state index is 13.2. The minimum Gasteiger partial charge on any atom is -0.309 e. The average Bonchev–Trinajstić information content (AvgIpc) is 3.20. The van der Waals surface area contributed by atoms with E-state index in [9.17, 15) is 13.2 Å². The largest absolute Gasteiger partial charge is 0.309 e. The van der Waals surface area contributed by atoms with Gasteiger partial charge in [0.1, 0.15) is 5.82 Å². The first-order valence-corrected chi connectivity index (χ1v) is 12.3. The molecule has 1 aromatic carbocycles. The number of nitrogens with one attached hydrogen (secondary N) is 1. The van der Waals surface area contributed by atoms with Crippen molar-refractivity contribution in [1.82, 2.24) is 19.2 Å². The van der Waals surface area contributed by atoms with E-state index in [-0.39, 0.29) is 11.3 Å². The summed E-state index contributed by atoms with van der Waals surface area (Å²) in [6.45, 7) is 8.18. The highest BCUT2D eigenvalue weighted by atomic mass is 32.2. The molecule has 2 aliphatic heterocycles. The molecule has 7 nitrogen and oxygen atoms in total. The molecule has 0 radical (unpaired) electrons. The van der Waals surface area contributed by atoms with Crippen LogP contribution in [0.1, 0.15) is 60.9 Å². The summed E-state index contributed by atoms with van der Waals surface area (Å²) in [6.07, 6.45) is 2.11. The molecular weight excluding hydrogens is 400 g/mol. The van der Waals surface area contributed by atoms with E-state index in [1.807, 2.05) is 31.2 Å². The molecule has 8 heteroatoms. The van der Waals surface area contributed by atoms with Gasteiger partial charge >= 0.3 is 0 Å². The van der Waals surface area contributed by atoms with E-state index in [4.69, 9.17) is 4.98 Å². The van der Waals surface area contributed by atoms with Crippen molar-refractivity contribution < 1.29 is 8.42 Å². The summed E-state index contributed by atoms with van der Waals surface area (Å²) in [4.78, 5) is 22.7. The Morgan fingerprint density at radius 2 is 1.93 bits per heavy atom. The van der Waals surface area contributed by atoms with Crippen LogP contribution in [0.4, 0.5) is 0 Å². The molecule has 1 N–H and O–H groups in total. The van der Waals surface area contributed by atoms with Crippen LogP contribution in [-0.4, -0.2) is 46.7 Å². The van der Waals surface area contributed by atoms with Gasteiger partial charge in [0.15, 0.2) is 0 Å². The minimum absolute atomic E-state index is 0.0416. The van der Waals surface area contributed by atoms with E-state index in [0.717, 1.165) is 35.3 Å². The van der Waals surface area contributed by atoms with Crippen LogP contribution < -0.4 is 5.56 Å². The van der Waals surface area contributed by atoms with E-state index < -0.39 is 16.1 Å². The Morgan fingerprint density at radius 3 is 2.63 bits per heavy atom. The van der Waals surface area contributed by atoms with E-state index in [1.54, 1.807) is 0 Å². The zero-order valence-corrected chi connectivity index (χ0v) is 18.7. The van der Waals surface area contributed by atoms with Crippen LogP contribution in [0.15, 0.2) is 29.1 Å². The standard InChI is InChI=1S/C22H30N4O3S/c1-15(2)25-12-10-18-19(13-25)23-21(24-22(18)27)20-5-4-11-26(20)30(28,29)14-17-8-6-16(3)7-9-17/h6-9,15,20H,4-5,10-14H2,1-3H3,(H,23,24,27). The number of aromatic amines is 1. The van der Waals surface area contributed by atoms with Crippen LogP contribution in [0.5, 0.6) is 0 Å². The summed E-state index contributed by atoms with van der Waals surface area (Å²) in [6, 6.07) is 7.54. The number of H-pyrrole nitrogens is 1. The van der Waals surface area contributed by atoms with Crippen molar-refractivity contribution in [3.05, 3.63) is 62.8 Å². The Balaban J connectivity index is 1.62. The number of hydrogen-bond donors (Lipinski definition) is 1. The fourth-order valence-electron chi connectivity index (χ4n) is 4.40. The van der Waals surface area contributed by atoms with Gasteiger partial charge in [-0.25, -0.2) is 13.4 Å². The normalized spacial score (nSPS) is 20.6. The van der Waals surface area contributed by atoms with E-state index in [0.29, 0.717) is 37.8 Å². The lowest BCUT2D eigenvalue weighted by atomic mass is 10.0. The van der Waals surface area contributed by atoms with Crippen LogP contribution >= 0.6 is 0 Å². The second-order valence-corrected chi connectivity index (χ2v) is 10.6. The lowest BCUT2D eigenvalue weighted by molar-refractivity contribution is 0.198. The summed E-state index contributed by atoms with van der Waals surface area (Å²) in [5.41, 5.74) is 3.27. The molecule has 0 saturated carbocycles. The molecule has 0 spiro atoms. The number of sulfonamides is 1. The van der Waals surface area contributed by atoms with Crippen molar-refractivity contribution >= 4 is 10.0 Å². The van der Waals surface area contributed by atoms with Crippen LogP contribution in [0, 0.1) is 6.92 Å². The van der Waals surface area contributed by atoms with Crippen molar-refractivity contribution in [1.29, 1.82) is 0 Å². The summed E-state index contributed by atoms with van der Waals surface area (Å²) in [5, 5.41) is 0. The van der Waals surface area contributed by atoms with Gasteiger partial charge in [-0.1, -0.05) is 29.8 Å². The van der Waals surface area contributed by atoms with Crippen molar-refractivity contribution in [2.75, 3.05) is 13.1 Å². The SMILES string of the molecule is Cc1ccc(CS(=O)(=O)N2CCCC2c2nc3c(c(=O)[nH]2)CCN(C(C)C)C3)cc1. The van der Waals surface area contributed by atoms with Crippen molar-refractivity contribution in [3.63, 3.8) is 0 Å². The van der Waals surface area contributed by atoms with Gasteiger partial charge in [-0.3, -0.25) is 9.69 Å². The lowest BCUT2D eigenvalue weighted by Gasteiger charge is -2.31. The number of rotatable bonds is 5. The van der Waals surface area contributed by atoms with Gasteiger partial charge < -0.3 is 4.98 Å². The third-order valence-electron chi connectivity index (χ3n) is 6.20. The van der Waals surface area contributed by atoms with Gasteiger partial charge in [0.2, 0.25) is 10.0 Å². The van der Waals surface area contributed by atoms with Crippen molar-refractivity contribution in [3.8, 4) is 0 Å². The fraction of sp³-hybridized carbons (Fsp3) is 0.545. The first-order valence-electron chi connectivity index (χ1n) is 10.7. The third-order valence-corrected chi connectivity index (χ3v) is 8.05. The summed E-state index contributed by atoms with van der Waals surface area (Å²) >= 11 is 0. The number of aryl methyl sites for hydroxylation is 1. The molecule has 1 unspecified atom stereocenters. The van der Waals surface area contributed by atoms with Gasteiger partial charge in [0.05, 0.1) is 17.5 Å². The predicted molar refractivity (Wildman–Crippen MR) is 117 cm³/mol. The number of hydrogen-bond acceptors (Lipinski definition) is 5. The molecule has 2 aromatic rings. The van der Waals surface area contributed by atoms with Crippen LogP contribution in [0.25, 0.3) is 0 Å². The van der Waals surface area contributed by atoms with Gasteiger partial charge in [0, 0.05) is 31.2 Å². The summed E-state index contributed by atoms with van der Waals surface area (Å²) in [5.74, 6) is 0.439. The smallest absolute Gasteiger partial charge is 0.254 e. The molecule has 1 fully saturated rings. The Hall–Kier alpha value is -2.03. The van der Waals surface area contributed by atoms with Crippen LogP contribution in [-0.2, 0) is 28.7 Å². The van der Waals surface area contributed by atoms with Gasteiger partial charge in [-0.15, -0.1) is 0 Å². The molecule has 3 heterocycles. The first-order chi connectivity index (χ1) is 14.2. The highest BCUT2D eigenvalue weighted by Crippen LogP contribution is 2.34. The van der Waals surface area contributed by atoms with Crippen LogP contribution in [0.2, 0.25) is 0 Å². The molecule has 0 amide bonds. The quantitative estimate of drug-likeness (QED) is 0.788. The molecule has 1 saturated heterocycles. The average molecular weight is 431 g/mol. The highest BCUT2D eigenvalue weighted by molar-refractivity contribution is 7.88. The van der Waals surface area contributed by atoms with Gasteiger partial charge in [0.25, 0.3) is 5.56 Å². The van der Waals surface area contributed by atoms with Crippen LogP contribution in [0.3, 0.4) is 0 Å². The van der Waals surface area contributed by atoms with Crippen molar-refractivity contribution in [2.45, 2.75) is 64.4 Å². The Morgan fingerprint density at radius 1 is 1.20 bits per heavy atom. The number of nitrogens with zero attached hydrogens (tertiary/aromatic N) is 3. The zero-order chi connectivity index (χ0) is 21.5. The minimum atomic E-state index is -3.52. The molecule has 1 aromatic heterocycles. The first kappa shape index (κ1) is 21.2. The lowest BCUT2D eigenvalue weighted by Crippen LogP contribution is -2.40. The highest BCUT2D eigenvalue weighted by Gasteiger charge is 2.37. The molecule has 1 atom stereocenters. The molecule has 30 heavy (non-hydrogen) atoms. The van der Waals surface area contributed by atoms with E-state index in [1.165, 1.54) is 4.31 Å². The topological polar surface area (TPSA) is 86.4 Å². The van der Waals surface area contributed by atoms with E-state index in [2.05, 4.69) is 23.7 Å². The third kappa shape index (κ3) is 4.22. The second-order valence-electron chi connectivity index (χ2n) is 8.70. The molecule has 4 rings (SSSR count). The maximum absolute atomic E-state index is 13.2. The molecule has 162 valence electrons. The van der Waals surface area contributed by atoms with E-state index >= 15 is 0 Å². The molecular formula is C22H30N4O3S. The molecule has 0 bridgehead atoms. The van der Waals surface area contributed by atoms with Crippen molar-refractivity contribution in [2.24, 2.45) is 0 Å². The summed E-state index contributed by atoms with van der Waals surface area (Å²) in [7, 11) is -3.52. The monoisotopic (exact) mass is 430 g/mol. The summed E-state index contributed by atoms with van der Waals surface area (Å²) < 4.78 is 27.9. The number of aromatic nitrogens is 2. The predicted octanol–water partition coefficient (Wildman–Crippen LogP) is 2.51. The Kier molecular flexibility index (Phi) is 5.83. The van der Waals surface area contributed by atoms with Gasteiger partial charge in [-0.05, 0) is 45.6 Å². The number of fused-ring (bicyclic) bond motifs is 1. The fourth-order valence-corrected chi connectivity index (χ4v) is 6.18. The van der Waals surface area contributed by atoms with Gasteiger partial charge in [-0.2, -0.15) is 4.31 Å². The Labute approximate surface area is 178 Å². The number of benzene rings is 1. The maximum Gasteiger partial charge on any atom is 0.254 e. The second kappa shape index (κ2) is 8.24. The molecule has 0 aliphatic carbocycles. The Bertz CT molecular complexity index is 1080.